The highest BCUT2D eigenvalue weighted by Gasteiger charge is 2.26. The number of benzene rings is 2. The molecule has 6 nitrogen and oxygen atoms in total. The van der Waals surface area contributed by atoms with Gasteiger partial charge in [0.1, 0.15) is 6.04 Å². The Labute approximate surface area is 154 Å². The first-order chi connectivity index (χ1) is 12.3. The first kappa shape index (κ1) is 18.4. The second-order valence-electron chi connectivity index (χ2n) is 6.66. The molecule has 7 heteroatoms. The summed E-state index contributed by atoms with van der Waals surface area (Å²) in [4.78, 5) is 14.8. The fourth-order valence-electron chi connectivity index (χ4n) is 3.27. The molecule has 1 heterocycles. The summed E-state index contributed by atoms with van der Waals surface area (Å²) in [5, 5.41) is 7.93. The number of anilines is 2. The average molecular weight is 373 g/mol. The number of nitrogens with zero attached hydrogens (tertiary/aromatic N) is 1. The summed E-state index contributed by atoms with van der Waals surface area (Å²) in [7, 11) is -3.74. The van der Waals surface area contributed by atoms with Crippen LogP contribution in [0, 0.1) is 6.92 Å². The molecular weight excluding hydrogens is 350 g/mol. The predicted octanol–water partition coefficient (Wildman–Crippen LogP) is 2.42. The number of amides is 1. The Kier molecular flexibility index (Phi) is 5.02. The van der Waals surface area contributed by atoms with E-state index in [0.717, 1.165) is 25.1 Å². The van der Waals surface area contributed by atoms with Crippen LogP contribution >= 0.6 is 0 Å². The Balaban J connectivity index is 1.75. The van der Waals surface area contributed by atoms with Gasteiger partial charge in [-0.1, -0.05) is 17.7 Å². The number of nitrogens with two attached hydrogens (primary N) is 1. The van der Waals surface area contributed by atoms with Crippen LogP contribution < -0.4 is 15.4 Å². The molecule has 138 valence electrons. The first-order valence-corrected chi connectivity index (χ1v) is 10.1. The number of carbonyl (C=O) groups excluding carboxylic acids is 1. The molecule has 0 saturated carbocycles. The van der Waals surface area contributed by atoms with Crippen molar-refractivity contribution < 1.29 is 13.2 Å². The number of aryl methyl sites for hydroxylation is 2. The van der Waals surface area contributed by atoms with Crippen molar-refractivity contribution >= 4 is 27.3 Å². The van der Waals surface area contributed by atoms with Crippen LogP contribution in [0.2, 0.25) is 0 Å². The lowest BCUT2D eigenvalue weighted by Crippen LogP contribution is -2.44. The summed E-state index contributed by atoms with van der Waals surface area (Å²) in [5.74, 6) is -0.137. The van der Waals surface area contributed by atoms with Crippen molar-refractivity contribution in [2.24, 2.45) is 5.14 Å². The molecule has 0 bridgehead atoms. The molecule has 0 aliphatic carbocycles. The summed E-state index contributed by atoms with van der Waals surface area (Å²) < 4.78 is 22.6. The topological polar surface area (TPSA) is 92.5 Å². The van der Waals surface area contributed by atoms with Crippen LogP contribution in [0.4, 0.5) is 11.4 Å². The van der Waals surface area contributed by atoms with Crippen molar-refractivity contribution in [2.75, 3.05) is 16.8 Å². The Morgan fingerprint density at radius 3 is 2.54 bits per heavy atom. The molecule has 0 saturated heterocycles. The van der Waals surface area contributed by atoms with Crippen LogP contribution in [0.3, 0.4) is 0 Å². The summed E-state index contributed by atoms with van der Waals surface area (Å²) in [6.45, 7) is 4.78. The first-order valence-electron chi connectivity index (χ1n) is 8.55. The molecule has 26 heavy (non-hydrogen) atoms. The molecule has 0 radical (unpaired) electrons. The lowest BCUT2D eigenvalue weighted by molar-refractivity contribution is -0.117. The highest BCUT2D eigenvalue weighted by molar-refractivity contribution is 7.89. The Bertz CT molecular complexity index is 924. The number of nitrogens with one attached hydrogen (secondary N) is 1. The zero-order valence-electron chi connectivity index (χ0n) is 14.9. The monoisotopic (exact) mass is 373 g/mol. The molecule has 1 aliphatic rings. The zero-order valence-corrected chi connectivity index (χ0v) is 15.7. The predicted molar refractivity (Wildman–Crippen MR) is 103 cm³/mol. The summed E-state index contributed by atoms with van der Waals surface area (Å²) in [6.07, 6.45) is 2.04. The largest absolute Gasteiger partial charge is 0.360 e. The minimum atomic E-state index is -3.74. The molecule has 1 amide bonds. The molecular formula is C19H23N3O3S. The molecule has 3 N–H and O–H groups in total. The van der Waals surface area contributed by atoms with Gasteiger partial charge in [-0.3, -0.25) is 4.79 Å². The molecule has 0 fully saturated rings. The third-order valence-electron chi connectivity index (χ3n) is 4.69. The number of hydrogen-bond acceptors (Lipinski definition) is 4. The highest BCUT2D eigenvalue weighted by atomic mass is 32.2. The lowest BCUT2D eigenvalue weighted by atomic mass is 9.98. The maximum absolute atomic E-state index is 12.7. The van der Waals surface area contributed by atoms with Crippen molar-refractivity contribution in [2.45, 2.75) is 37.6 Å². The molecule has 2 aromatic rings. The number of hydrogen-bond donors (Lipinski definition) is 2. The van der Waals surface area contributed by atoms with Crippen molar-refractivity contribution in [1.82, 2.24) is 0 Å². The fraction of sp³-hybridized carbons (Fsp3) is 0.316. The lowest BCUT2D eigenvalue weighted by Gasteiger charge is -2.35. The Morgan fingerprint density at radius 1 is 1.19 bits per heavy atom. The number of carbonyl (C=O) groups is 1. The second kappa shape index (κ2) is 7.09. The average Bonchev–Trinajstić information content (AvgIpc) is 2.60. The van der Waals surface area contributed by atoms with E-state index in [9.17, 15) is 13.2 Å². The number of sulfonamides is 1. The summed E-state index contributed by atoms with van der Waals surface area (Å²) in [5.41, 5.74) is 4.13. The second-order valence-corrected chi connectivity index (χ2v) is 8.23. The minimum absolute atomic E-state index is 0.0175. The van der Waals surface area contributed by atoms with Gasteiger partial charge in [0.25, 0.3) is 0 Å². The fourth-order valence-corrected chi connectivity index (χ4v) is 3.79. The van der Waals surface area contributed by atoms with Crippen molar-refractivity contribution in [1.29, 1.82) is 0 Å². The van der Waals surface area contributed by atoms with E-state index in [4.69, 9.17) is 5.14 Å². The van der Waals surface area contributed by atoms with Gasteiger partial charge >= 0.3 is 0 Å². The summed E-state index contributed by atoms with van der Waals surface area (Å²) >= 11 is 0. The van der Waals surface area contributed by atoms with Gasteiger partial charge < -0.3 is 10.2 Å². The van der Waals surface area contributed by atoms with E-state index in [1.807, 2.05) is 6.92 Å². The van der Waals surface area contributed by atoms with Crippen LogP contribution in [0.25, 0.3) is 0 Å². The van der Waals surface area contributed by atoms with Crippen LogP contribution in [0.15, 0.2) is 47.4 Å². The Morgan fingerprint density at radius 2 is 1.88 bits per heavy atom. The van der Waals surface area contributed by atoms with Crippen molar-refractivity contribution in [3.63, 3.8) is 0 Å². The standard InChI is InChI=1S/C19H23N3O3S/c1-13-5-10-18-15(12-13)4-3-11-22(18)14(2)19(23)21-16-6-8-17(9-7-16)26(20,24)25/h5-10,12,14H,3-4,11H2,1-2H3,(H,21,23)(H2,20,24,25)/t14-/m0/s1. The van der Waals surface area contributed by atoms with Gasteiger partial charge in [-0.15, -0.1) is 0 Å². The van der Waals surface area contributed by atoms with Crippen LogP contribution in [-0.4, -0.2) is 26.9 Å². The molecule has 0 spiro atoms. The molecule has 1 aliphatic heterocycles. The third-order valence-corrected chi connectivity index (χ3v) is 5.62. The van der Waals surface area contributed by atoms with Gasteiger partial charge in [0.2, 0.25) is 15.9 Å². The highest BCUT2D eigenvalue weighted by Crippen LogP contribution is 2.29. The zero-order chi connectivity index (χ0) is 18.9. The normalized spacial score (nSPS) is 15.3. The Hall–Kier alpha value is -2.38. The van der Waals surface area contributed by atoms with Gasteiger partial charge in [-0.05, 0) is 62.6 Å². The van der Waals surface area contributed by atoms with Gasteiger partial charge in [0.15, 0.2) is 0 Å². The molecule has 0 unspecified atom stereocenters. The molecule has 1 atom stereocenters. The number of primary sulfonamides is 1. The molecule has 2 aromatic carbocycles. The van der Waals surface area contributed by atoms with Gasteiger partial charge in [-0.25, -0.2) is 13.6 Å². The van der Waals surface area contributed by atoms with E-state index in [2.05, 4.69) is 35.3 Å². The quantitative estimate of drug-likeness (QED) is 0.861. The smallest absolute Gasteiger partial charge is 0.246 e. The molecule has 3 rings (SSSR count). The van der Waals surface area contributed by atoms with E-state index in [-0.39, 0.29) is 16.8 Å². The number of fused-ring (bicyclic) bond motifs is 1. The van der Waals surface area contributed by atoms with E-state index in [1.165, 1.54) is 35.4 Å². The van der Waals surface area contributed by atoms with E-state index >= 15 is 0 Å². The third kappa shape index (κ3) is 3.89. The van der Waals surface area contributed by atoms with Crippen molar-refractivity contribution in [3.8, 4) is 0 Å². The maximum atomic E-state index is 12.7. The van der Waals surface area contributed by atoms with Gasteiger partial charge in [0, 0.05) is 17.9 Å². The maximum Gasteiger partial charge on any atom is 0.246 e. The van der Waals surface area contributed by atoms with Crippen LogP contribution in [-0.2, 0) is 21.2 Å². The minimum Gasteiger partial charge on any atom is -0.360 e. The van der Waals surface area contributed by atoms with Crippen molar-refractivity contribution in [3.05, 3.63) is 53.6 Å². The van der Waals surface area contributed by atoms with E-state index in [0.29, 0.717) is 5.69 Å². The van der Waals surface area contributed by atoms with Gasteiger partial charge in [-0.2, -0.15) is 0 Å². The SMILES string of the molecule is Cc1ccc2c(c1)CCCN2[C@@H](C)C(=O)Nc1ccc(S(N)(=O)=O)cc1. The van der Waals surface area contributed by atoms with E-state index < -0.39 is 10.0 Å². The van der Waals surface area contributed by atoms with Gasteiger partial charge in [0.05, 0.1) is 4.90 Å². The van der Waals surface area contributed by atoms with Crippen LogP contribution in [0.5, 0.6) is 0 Å². The summed E-state index contributed by atoms with van der Waals surface area (Å²) in [6, 6.07) is 11.8. The molecule has 0 aromatic heterocycles. The van der Waals surface area contributed by atoms with Crippen LogP contribution in [0.1, 0.15) is 24.5 Å². The van der Waals surface area contributed by atoms with E-state index in [1.54, 1.807) is 0 Å². The number of rotatable bonds is 4.